The van der Waals surface area contributed by atoms with Gasteiger partial charge in [-0.25, -0.2) is 14.6 Å². The van der Waals surface area contributed by atoms with Gasteiger partial charge in [0.2, 0.25) is 5.91 Å². The first-order chi connectivity index (χ1) is 17.4. The lowest BCUT2D eigenvalue weighted by molar-refractivity contribution is -0.120. The number of anilines is 3. The average Bonchev–Trinajstić information content (AvgIpc) is 2.97. The molecule has 1 unspecified atom stereocenters. The Morgan fingerprint density at radius 3 is 2.58 bits per heavy atom. The minimum Gasteiger partial charge on any atom is -0.336 e. The number of hydrogen-bond acceptors (Lipinski definition) is 4. The molecule has 0 bridgehead atoms. The molecule has 0 aliphatic carbocycles. The number of urea groups is 2. The third-order valence-electron chi connectivity index (χ3n) is 5.71. The quantitative estimate of drug-likeness (QED) is 0.416. The number of rotatable bonds is 6. The molecule has 5 amide bonds. The number of nitrogens with zero attached hydrogens (tertiary/aromatic N) is 2. The van der Waals surface area contributed by atoms with E-state index >= 15 is 0 Å². The molecule has 0 saturated heterocycles. The van der Waals surface area contributed by atoms with Crippen LogP contribution in [0.1, 0.15) is 31.4 Å². The fraction of sp³-hybridized carbons (Fsp3) is 0.259. The van der Waals surface area contributed by atoms with Crippen molar-refractivity contribution in [1.82, 2.24) is 15.6 Å². The number of carbonyl (C=O) groups is 3. The summed E-state index contributed by atoms with van der Waals surface area (Å²) < 4.78 is 0. The fourth-order valence-corrected chi connectivity index (χ4v) is 4.12. The normalized spacial score (nSPS) is 15.0. The van der Waals surface area contributed by atoms with Crippen molar-refractivity contribution in [1.29, 1.82) is 0 Å². The molecule has 3 aromatic rings. The second-order valence-electron chi connectivity index (χ2n) is 8.91. The van der Waals surface area contributed by atoms with Gasteiger partial charge >= 0.3 is 12.1 Å². The molecule has 0 spiro atoms. The van der Waals surface area contributed by atoms with Crippen LogP contribution in [0.25, 0.3) is 0 Å². The molecular weight excluding hydrogens is 456 g/mol. The van der Waals surface area contributed by atoms with Gasteiger partial charge < -0.3 is 20.9 Å². The van der Waals surface area contributed by atoms with Crippen molar-refractivity contribution in [3.05, 3.63) is 84.1 Å². The zero-order valence-electron chi connectivity index (χ0n) is 20.3. The van der Waals surface area contributed by atoms with Crippen LogP contribution in [0.4, 0.5) is 26.8 Å². The molecule has 2 aromatic carbocycles. The molecule has 1 aliphatic heterocycles. The monoisotopic (exact) mass is 486 g/mol. The Bertz CT molecular complexity index is 1230. The number of aromatic nitrogens is 1. The summed E-state index contributed by atoms with van der Waals surface area (Å²) in [6.45, 7) is 4.07. The van der Waals surface area contributed by atoms with Crippen LogP contribution in [-0.2, 0) is 17.8 Å². The molecular formula is C27H30N6O3. The summed E-state index contributed by atoms with van der Waals surface area (Å²) >= 11 is 0. The lowest BCUT2D eigenvalue weighted by atomic mass is 10.1. The zero-order chi connectivity index (χ0) is 25.5. The summed E-state index contributed by atoms with van der Waals surface area (Å²) in [5, 5.41) is 11.1. The Morgan fingerprint density at radius 2 is 1.81 bits per heavy atom. The molecule has 0 radical (unpaired) electrons. The van der Waals surface area contributed by atoms with Crippen molar-refractivity contribution < 1.29 is 14.4 Å². The van der Waals surface area contributed by atoms with Gasteiger partial charge in [-0.3, -0.25) is 10.1 Å². The fourth-order valence-electron chi connectivity index (χ4n) is 4.12. The standard InChI is InChI=1S/C27H30N6O3/c1-18(2)29-26(35)30-21-10-7-8-19(16-21)17-33-23-11-4-3-9-20(23)13-14-22(25(33)34)31-27(36)32-24-12-5-6-15-28-24/h3-12,15-16,18,22H,13-14,17H2,1-2H3,(H2,29,30,35)(H2,28,31,32,36). The number of hydrogen-bond donors (Lipinski definition) is 4. The molecule has 1 aliphatic rings. The summed E-state index contributed by atoms with van der Waals surface area (Å²) in [5.74, 6) is 0.203. The maximum absolute atomic E-state index is 13.7. The zero-order valence-corrected chi connectivity index (χ0v) is 20.3. The maximum atomic E-state index is 13.7. The highest BCUT2D eigenvalue weighted by molar-refractivity contribution is 6.01. The summed E-state index contributed by atoms with van der Waals surface area (Å²) in [5.41, 5.74) is 3.32. The van der Waals surface area contributed by atoms with Crippen LogP contribution in [0.5, 0.6) is 0 Å². The molecule has 186 valence electrons. The van der Waals surface area contributed by atoms with Crippen molar-refractivity contribution in [2.75, 3.05) is 15.5 Å². The minimum absolute atomic E-state index is 0.0127. The summed E-state index contributed by atoms with van der Waals surface area (Å²) in [4.78, 5) is 44.2. The van der Waals surface area contributed by atoms with Crippen LogP contribution in [0.15, 0.2) is 72.9 Å². The summed E-state index contributed by atoms with van der Waals surface area (Å²) in [6.07, 6.45) is 2.70. The smallest absolute Gasteiger partial charge is 0.321 e. The van der Waals surface area contributed by atoms with Gasteiger partial charge in [-0.1, -0.05) is 36.4 Å². The second kappa shape index (κ2) is 11.4. The number of nitrogens with one attached hydrogen (secondary N) is 4. The van der Waals surface area contributed by atoms with Gasteiger partial charge in [-0.2, -0.15) is 0 Å². The van der Waals surface area contributed by atoms with Gasteiger partial charge in [0.05, 0.1) is 6.54 Å². The van der Waals surface area contributed by atoms with E-state index in [1.165, 1.54) is 0 Å². The highest BCUT2D eigenvalue weighted by Gasteiger charge is 2.31. The SMILES string of the molecule is CC(C)NC(=O)Nc1cccc(CN2C(=O)C(NC(=O)Nc3ccccn3)CCc3ccccc32)c1. The molecule has 36 heavy (non-hydrogen) atoms. The van der Waals surface area contributed by atoms with Gasteiger partial charge in [0.1, 0.15) is 11.9 Å². The molecule has 0 fully saturated rings. The number of aryl methyl sites for hydroxylation is 1. The molecule has 9 heteroatoms. The van der Waals surface area contributed by atoms with Crippen LogP contribution in [0, 0.1) is 0 Å². The topological polar surface area (TPSA) is 115 Å². The highest BCUT2D eigenvalue weighted by Crippen LogP contribution is 2.29. The Morgan fingerprint density at radius 1 is 1.00 bits per heavy atom. The summed E-state index contributed by atoms with van der Waals surface area (Å²) in [7, 11) is 0. The third-order valence-corrected chi connectivity index (χ3v) is 5.71. The van der Waals surface area contributed by atoms with Crippen LogP contribution in [-0.4, -0.2) is 35.0 Å². The Labute approximate surface area is 210 Å². The number of benzene rings is 2. The molecule has 9 nitrogen and oxygen atoms in total. The average molecular weight is 487 g/mol. The van der Waals surface area contributed by atoms with Crippen molar-refractivity contribution in [2.24, 2.45) is 0 Å². The van der Waals surface area contributed by atoms with Crippen molar-refractivity contribution in [3.63, 3.8) is 0 Å². The van der Waals surface area contributed by atoms with E-state index < -0.39 is 12.1 Å². The Kier molecular flexibility index (Phi) is 7.79. The molecule has 4 rings (SSSR count). The largest absolute Gasteiger partial charge is 0.336 e. The minimum atomic E-state index is -0.709. The molecule has 2 heterocycles. The van der Waals surface area contributed by atoms with E-state index in [0.29, 0.717) is 24.3 Å². The number of carbonyl (C=O) groups excluding carboxylic acids is 3. The van der Waals surface area contributed by atoms with Crippen LogP contribution < -0.4 is 26.2 Å². The van der Waals surface area contributed by atoms with E-state index in [4.69, 9.17) is 0 Å². The van der Waals surface area contributed by atoms with Gasteiger partial charge in [-0.15, -0.1) is 0 Å². The number of fused-ring (bicyclic) bond motifs is 1. The van der Waals surface area contributed by atoms with Crippen LogP contribution in [0.3, 0.4) is 0 Å². The molecule has 4 N–H and O–H groups in total. The lowest BCUT2D eigenvalue weighted by Gasteiger charge is -2.26. The first-order valence-electron chi connectivity index (χ1n) is 11.9. The molecule has 0 saturated carbocycles. The van der Waals surface area contributed by atoms with Crippen LogP contribution >= 0.6 is 0 Å². The van der Waals surface area contributed by atoms with E-state index in [1.807, 2.05) is 56.3 Å². The van der Waals surface area contributed by atoms with E-state index in [1.54, 1.807) is 35.4 Å². The van der Waals surface area contributed by atoms with Crippen LogP contribution in [0.2, 0.25) is 0 Å². The highest BCUT2D eigenvalue weighted by atomic mass is 16.2. The Hall–Kier alpha value is -4.40. The number of pyridine rings is 1. The predicted molar refractivity (Wildman–Crippen MR) is 140 cm³/mol. The van der Waals surface area contributed by atoms with Crippen molar-refractivity contribution >= 4 is 35.2 Å². The predicted octanol–water partition coefficient (Wildman–Crippen LogP) is 4.28. The van der Waals surface area contributed by atoms with E-state index in [0.717, 1.165) is 16.8 Å². The first kappa shape index (κ1) is 24.7. The number of para-hydroxylation sites is 1. The van der Waals surface area contributed by atoms with E-state index in [9.17, 15) is 14.4 Å². The molecule has 1 aromatic heterocycles. The van der Waals surface area contributed by atoms with Gasteiger partial charge in [0.25, 0.3) is 0 Å². The van der Waals surface area contributed by atoms with E-state index in [2.05, 4.69) is 26.3 Å². The molecule has 1 atom stereocenters. The second-order valence-corrected chi connectivity index (χ2v) is 8.91. The maximum Gasteiger partial charge on any atom is 0.321 e. The van der Waals surface area contributed by atoms with Gasteiger partial charge in [0.15, 0.2) is 0 Å². The van der Waals surface area contributed by atoms with E-state index in [-0.39, 0.29) is 24.5 Å². The number of amides is 5. The summed E-state index contributed by atoms with van der Waals surface area (Å²) in [6, 6.07) is 18.9. The Balaban J connectivity index is 1.53. The van der Waals surface area contributed by atoms with Gasteiger partial charge in [0, 0.05) is 23.6 Å². The van der Waals surface area contributed by atoms with Gasteiger partial charge in [-0.05, 0) is 68.1 Å². The van der Waals surface area contributed by atoms with Crippen molar-refractivity contribution in [2.45, 2.75) is 45.3 Å². The first-order valence-corrected chi connectivity index (χ1v) is 11.9. The third kappa shape index (κ3) is 6.38. The van der Waals surface area contributed by atoms with Crippen molar-refractivity contribution in [3.8, 4) is 0 Å². The lowest BCUT2D eigenvalue weighted by Crippen LogP contribution is -2.49.